The molecule has 1 aromatic heterocycles. The van der Waals surface area contributed by atoms with E-state index >= 15 is 0 Å². The third kappa shape index (κ3) is 7.83. The van der Waals surface area contributed by atoms with Gasteiger partial charge in [-0.15, -0.1) is 10.2 Å². The van der Waals surface area contributed by atoms with Crippen LogP contribution < -0.4 is 16.4 Å². The standard InChI is InChI=1S/C36H43N7O5/c1-22(2)29-19-30(32(46)20-31(29)45)33-40-41-34(36(48)39-15-14-38-35(47)27-8-4-26(21-37)5-9-27)43(33)28-10-6-24(7-11-28)18-25-12-16-42(17-13-25)23(3)44/h4-11,19-20,22,25,45-46H,12-18,21,37H2,1-3H3,(H,38,47)(H,39,48). The van der Waals surface area contributed by atoms with E-state index in [-0.39, 0.29) is 54.0 Å². The number of piperidine rings is 1. The van der Waals surface area contributed by atoms with Crippen LogP contribution in [0.2, 0.25) is 0 Å². The number of amides is 3. The molecule has 0 spiro atoms. The lowest BCUT2D eigenvalue weighted by molar-refractivity contribution is -0.130. The van der Waals surface area contributed by atoms with Crippen molar-refractivity contribution in [2.75, 3.05) is 26.2 Å². The summed E-state index contributed by atoms with van der Waals surface area (Å²) in [6.07, 6.45) is 2.76. The van der Waals surface area contributed by atoms with Gasteiger partial charge in [0.15, 0.2) is 5.82 Å². The molecule has 48 heavy (non-hydrogen) atoms. The molecular formula is C36H43N7O5. The van der Waals surface area contributed by atoms with E-state index in [0.29, 0.717) is 34.8 Å². The van der Waals surface area contributed by atoms with Gasteiger partial charge in [0.2, 0.25) is 11.7 Å². The number of carbonyl (C=O) groups excluding carboxylic acids is 3. The molecular weight excluding hydrogens is 610 g/mol. The van der Waals surface area contributed by atoms with E-state index in [2.05, 4.69) is 20.8 Å². The number of phenols is 2. The average Bonchev–Trinajstić information content (AvgIpc) is 3.52. The Morgan fingerprint density at radius 1 is 0.875 bits per heavy atom. The number of carbonyl (C=O) groups is 3. The predicted octanol–water partition coefficient (Wildman–Crippen LogP) is 3.89. The van der Waals surface area contributed by atoms with Gasteiger partial charge in [0.1, 0.15) is 11.5 Å². The van der Waals surface area contributed by atoms with Gasteiger partial charge in [-0.05, 0) is 78.1 Å². The second-order valence-electron chi connectivity index (χ2n) is 12.5. The van der Waals surface area contributed by atoms with Gasteiger partial charge in [0, 0.05) is 57.0 Å². The van der Waals surface area contributed by atoms with Gasteiger partial charge < -0.3 is 31.5 Å². The molecule has 0 atom stereocenters. The molecule has 1 aliphatic heterocycles. The van der Waals surface area contributed by atoms with Gasteiger partial charge in [-0.3, -0.25) is 19.0 Å². The lowest BCUT2D eigenvalue weighted by Gasteiger charge is -2.31. The highest BCUT2D eigenvalue weighted by Gasteiger charge is 2.25. The van der Waals surface area contributed by atoms with Crippen LogP contribution in [-0.4, -0.2) is 73.8 Å². The number of hydrogen-bond acceptors (Lipinski definition) is 8. The molecule has 252 valence electrons. The molecule has 3 aromatic carbocycles. The SMILES string of the molecule is CC(=O)N1CCC(Cc2ccc(-n3c(C(=O)NCCNC(=O)c4ccc(CN)cc4)nnc3-c3cc(C(C)C)c(O)cc3O)cc2)CC1. The van der Waals surface area contributed by atoms with E-state index < -0.39 is 5.91 Å². The number of rotatable bonds is 11. The van der Waals surface area contributed by atoms with Gasteiger partial charge in [0.05, 0.1) is 5.56 Å². The van der Waals surface area contributed by atoms with Gasteiger partial charge in [0.25, 0.3) is 11.8 Å². The Balaban J connectivity index is 1.36. The number of benzene rings is 3. The summed E-state index contributed by atoms with van der Waals surface area (Å²) >= 11 is 0. The van der Waals surface area contributed by atoms with E-state index in [9.17, 15) is 24.6 Å². The number of aromatic hydroxyl groups is 2. The highest BCUT2D eigenvalue weighted by atomic mass is 16.3. The molecule has 1 saturated heterocycles. The van der Waals surface area contributed by atoms with E-state index in [1.54, 1.807) is 41.8 Å². The summed E-state index contributed by atoms with van der Waals surface area (Å²) in [5.74, 6) is -0.257. The molecule has 0 aliphatic carbocycles. The molecule has 1 fully saturated rings. The summed E-state index contributed by atoms with van der Waals surface area (Å²) in [6.45, 7) is 7.69. The Labute approximate surface area is 280 Å². The van der Waals surface area contributed by atoms with Gasteiger partial charge >= 0.3 is 0 Å². The maximum Gasteiger partial charge on any atom is 0.289 e. The van der Waals surface area contributed by atoms with E-state index in [0.717, 1.165) is 43.5 Å². The van der Waals surface area contributed by atoms with Crippen LogP contribution >= 0.6 is 0 Å². The first-order valence-corrected chi connectivity index (χ1v) is 16.3. The molecule has 0 bridgehead atoms. The summed E-state index contributed by atoms with van der Waals surface area (Å²) in [4.78, 5) is 39.6. The number of nitrogens with one attached hydrogen (secondary N) is 2. The van der Waals surface area contributed by atoms with Crippen LogP contribution in [-0.2, 0) is 17.8 Å². The zero-order valence-corrected chi connectivity index (χ0v) is 27.6. The topological polar surface area (TPSA) is 176 Å². The van der Waals surface area contributed by atoms with E-state index in [1.165, 1.54) is 6.07 Å². The minimum absolute atomic E-state index is 0.00312. The second kappa shape index (κ2) is 15.1. The summed E-state index contributed by atoms with van der Waals surface area (Å²) in [5, 5.41) is 35.5. The minimum atomic E-state index is -0.515. The number of nitrogens with two attached hydrogens (primary N) is 1. The van der Waals surface area contributed by atoms with Crippen LogP contribution in [0.3, 0.4) is 0 Å². The summed E-state index contributed by atoms with van der Waals surface area (Å²) in [5.41, 5.74) is 9.71. The maximum absolute atomic E-state index is 13.5. The lowest BCUT2D eigenvalue weighted by Crippen LogP contribution is -2.37. The maximum atomic E-state index is 13.5. The molecule has 2 heterocycles. The molecule has 0 radical (unpaired) electrons. The van der Waals surface area contributed by atoms with E-state index in [1.807, 2.05) is 43.0 Å². The van der Waals surface area contributed by atoms with E-state index in [4.69, 9.17) is 5.73 Å². The molecule has 1 aliphatic rings. The fourth-order valence-electron chi connectivity index (χ4n) is 5.98. The quantitative estimate of drug-likeness (QED) is 0.152. The number of phenolic OH excluding ortho intramolecular Hbond substituents is 2. The summed E-state index contributed by atoms with van der Waals surface area (Å²) in [7, 11) is 0. The molecule has 3 amide bonds. The van der Waals surface area contributed by atoms with Crippen molar-refractivity contribution in [1.82, 2.24) is 30.3 Å². The Hall–Kier alpha value is -5.23. The van der Waals surface area contributed by atoms with Gasteiger partial charge in [-0.2, -0.15) is 0 Å². The first-order valence-electron chi connectivity index (χ1n) is 16.3. The second-order valence-corrected chi connectivity index (χ2v) is 12.5. The number of likely N-dealkylation sites (tertiary alicyclic amines) is 1. The molecule has 0 saturated carbocycles. The van der Waals surface area contributed by atoms with Crippen molar-refractivity contribution in [3.05, 3.63) is 88.7 Å². The van der Waals surface area contributed by atoms with Crippen molar-refractivity contribution < 1.29 is 24.6 Å². The zero-order chi connectivity index (χ0) is 34.4. The van der Waals surface area contributed by atoms with Gasteiger partial charge in [-0.1, -0.05) is 38.1 Å². The summed E-state index contributed by atoms with van der Waals surface area (Å²) < 4.78 is 1.58. The molecule has 12 nitrogen and oxygen atoms in total. The third-order valence-corrected chi connectivity index (χ3v) is 8.80. The molecule has 5 rings (SSSR count). The Morgan fingerprint density at radius 3 is 2.10 bits per heavy atom. The number of hydrogen-bond donors (Lipinski definition) is 5. The Kier molecular flexibility index (Phi) is 10.7. The van der Waals surface area contributed by atoms with Crippen molar-refractivity contribution >= 4 is 17.7 Å². The molecule has 6 N–H and O–H groups in total. The predicted molar refractivity (Wildman–Crippen MR) is 182 cm³/mol. The molecule has 4 aromatic rings. The molecule has 0 unspecified atom stereocenters. The minimum Gasteiger partial charge on any atom is -0.508 e. The van der Waals surface area contributed by atoms with Crippen molar-refractivity contribution in [2.24, 2.45) is 11.7 Å². The van der Waals surface area contributed by atoms with Gasteiger partial charge in [-0.25, -0.2) is 0 Å². The smallest absolute Gasteiger partial charge is 0.289 e. The zero-order valence-electron chi connectivity index (χ0n) is 27.6. The van der Waals surface area contributed by atoms with Crippen LogP contribution in [0, 0.1) is 5.92 Å². The van der Waals surface area contributed by atoms with Crippen molar-refractivity contribution in [3.63, 3.8) is 0 Å². The largest absolute Gasteiger partial charge is 0.508 e. The van der Waals surface area contributed by atoms with Crippen LogP contribution in [0.5, 0.6) is 11.5 Å². The number of nitrogens with zero attached hydrogens (tertiary/aromatic N) is 4. The lowest BCUT2D eigenvalue weighted by atomic mass is 9.90. The Morgan fingerprint density at radius 2 is 1.50 bits per heavy atom. The van der Waals surface area contributed by atoms with Crippen molar-refractivity contribution in [2.45, 2.75) is 52.5 Å². The monoisotopic (exact) mass is 653 g/mol. The fourth-order valence-corrected chi connectivity index (χ4v) is 5.98. The normalized spacial score (nSPS) is 13.5. The first-order chi connectivity index (χ1) is 23.0. The van der Waals surface area contributed by atoms with Crippen molar-refractivity contribution in [3.8, 4) is 28.6 Å². The third-order valence-electron chi connectivity index (χ3n) is 8.80. The van der Waals surface area contributed by atoms with Crippen LogP contribution in [0.15, 0.2) is 60.7 Å². The van der Waals surface area contributed by atoms with Crippen LogP contribution in [0.25, 0.3) is 17.1 Å². The van der Waals surface area contributed by atoms with Crippen molar-refractivity contribution in [1.29, 1.82) is 0 Å². The fraction of sp³-hybridized carbons (Fsp3) is 0.361. The van der Waals surface area contributed by atoms with Crippen LogP contribution in [0.1, 0.15) is 77.2 Å². The average molecular weight is 654 g/mol. The first kappa shape index (κ1) is 34.1. The highest BCUT2D eigenvalue weighted by Crippen LogP contribution is 2.38. The molecule has 12 heteroatoms. The highest BCUT2D eigenvalue weighted by molar-refractivity contribution is 5.94. The number of aromatic nitrogens is 3. The Bertz CT molecular complexity index is 1760. The van der Waals surface area contributed by atoms with Crippen LogP contribution in [0.4, 0.5) is 0 Å². The summed E-state index contributed by atoms with van der Waals surface area (Å²) in [6, 6.07) is 17.7.